The van der Waals surface area contributed by atoms with E-state index in [1.165, 1.54) is 0 Å². The van der Waals surface area contributed by atoms with Gasteiger partial charge in [0.2, 0.25) is 6.29 Å². The zero-order valence-electron chi connectivity index (χ0n) is 22.1. The number of fused-ring (bicyclic) bond motifs is 1. The van der Waals surface area contributed by atoms with Crippen LogP contribution >= 0.6 is 0 Å². The van der Waals surface area contributed by atoms with Gasteiger partial charge in [0.05, 0.1) is 0 Å². The molecule has 4 aliphatic rings. The molecule has 0 radical (unpaired) electrons. The number of nitrogens with zero attached hydrogens (tertiary/aromatic N) is 1. The predicted octanol–water partition coefficient (Wildman–Crippen LogP) is 2.35. The van der Waals surface area contributed by atoms with Crippen LogP contribution in [0.15, 0.2) is 48.5 Å². The number of carbonyl (C=O) groups is 2. The summed E-state index contributed by atoms with van der Waals surface area (Å²) >= 11 is 0. The van der Waals surface area contributed by atoms with Crippen LogP contribution in [-0.4, -0.2) is 80.7 Å². The number of amides is 1. The third-order valence-electron chi connectivity index (χ3n) is 9.31. The van der Waals surface area contributed by atoms with E-state index in [4.69, 9.17) is 14.2 Å². The van der Waals surface area contributed by atoms with Gasteiger partial charge >= 0.3 is 12.1 Å². The molecule has 40 heavy (non-hydrogen) atoms. The van der Waals surface area contributed by atoms with Crippen LogP contribution in [0.25, 0.3) is 0 Å². The first-order valence-corrected chi connectivity index (χ1v) is 14.0. The Labute approximate surface area is 232 Å². The molecule has 0 aromatic heterocycles. The molecular weight excluding hydrogens is 518 g/mol. The fourth-order valence-electron chi connectivity index (χ4n) is 7.37. The van der Waals surface area contributed by atoms with Gasteiger partial charge in [0, 0.05) is 18.0 Å². The highest BCUT2D eigenvalue weighted by molar-refractivity contribution is 5.73. The quantitative estimate of drug-likeness (QED) is 0.438. The van der Waals surface area contributed by atoms with Crippen molar-refractivity contribution < 1.29 is 44.2 Å². The first-order chi connectivity index (χ1) is 19.3. The Morgan fingerprint density at radius 3 is 2.58 bits per heavy atom. The number of benzene rings is 2. The van der Waals surface area contributed by atoms with E-state index < -0.39 is 36.7 Å². The third kappa shape index (κ3) is 4.62. The average molecular weight is 554 g/mol. The van der Waals surface area contributed by atoms with Gasteiger partial charge in [-0.1, -0.05) is 49.2 Å². The highest BCUT2D eigenvalue weighted by atomic mass is 16.7. The van der Waals surface area contributed by atoms with Gasteiger partial charge < -0.3 is 39.5 Å². The lowest BCUT2D eigenvalue weighted by molar-refractivity contribution is -0.271. The first-order valence-electron chi connectivity index (χ1n) is 14.0. The Morgan fingerprint density at radius 1 is 1.00 bits per heavy atom. The number of piperidine rings is 1. The predicted molar refractivity (Wildman–Crippen MR) is 140 cm³/mol. The largest absolute Gasteiger partial charge is 0.479 e. The van der Waals surface area contributed by atoms with E-state index in [1.807, 2.05) is 47.4 Å². The highest BCUT2D eigenvalue weighted by Gasteiger charge is 2.55. The molecule has 1 saturated carbocycles. The molecule has 2 aliphatic heterocycles. The van der Waals surface area contributed by atoms with Crippen molar-refractivity contribution in [3.05, 3.63) is 65.2 Å². The summed E-state index contributed by atoms with van der Waals surface area (Å²) in [5.74, 6) is -0.800. The smallest absolute Gasteiger partial charge is 0.410 e. The summed E-state index contributed by atoms with van der Waals surface area (Å²) < 4.78 is 17.0. The van der Waals surface area contributed by atoms with Gasteiger partial charge in [-0.25, -0.2) is 9.59 Å². The number of carboxylic acid groups (broad SMARTS) is 1. The molecule has 3 unspecified atom stereocenters. The molecule has 10 heteroatoms. The van der Waals surface area contributed by atoms with Crippen molar-refractivity contribution in [1.82, 2.24) is 4.90 Å². The van der Waals surface area contributed by atoms with Crippen LogP contribution in [0, 0.1) is 5.92 Å². The number of carboxylic acids is 1. The van der Waals surface area contributed by atoms with E-state index in [9.17, 15) is 30.0 Å². The molecule has 8 atom stereocenters. The maximum Gasteiger partial charge on any atom is 0.410 e. The number of carbonyl (C=O) groups excluding carboxylic acids is 1. The summed E-state index contributed by atoms with van der Waals surface area (Å²) in [6.07, 6.45) is -2.95. The molecule has 6 rings (SSSR count). The molecule has 2 saturated heterocycles. The Hall–Kier alpha value is -3.18. The molecule has 4 N–H and O–H groups in total. The minimum Gasteiger partial charge on any atom is -0.479 e. The maximum absolute atomic E-state index is 13.3. The van der Waals surface area contributed by atoms with Crippen molar-refractivity contribution in [3.63, 3.8) is 0 Å². The number of aliphatic carboxylic acids is 1. The number of aliphatic hydroxyl groups excluding tert-OH is 3. The van der Waals surface area contributed by atoms with Gasteiger partial charge in [-0.3, -0.25) is 0 Å². The summed E-state index contributed by atoms with van der Waals surface area (Å²) in [5.41, 5.74) is 3.10. The highest BCUT2D eigenvalue weighted by Crippen LogP contribution is 2.56. The number of hydrogen-bond donors (Lipinski definition) is 4. The van der Waals surface area contributed by atoms with Crippen LogP contribution in [0.3, 0.4) is 0 Å². The monoisotopic (exact) mass is 553 g/mol. The molecule has 2 aromatic rings. The third-order valence-corrected chi connectivity index (χ3v) is 9.31. The maximum atomic E-state index is 13.3. The second-order valence-corrected chi connectivity index (χ2v) is 11.4. The number of likely N-dealkylation sites (tertiary alicyclic amines) is 1. The summed E-state index contributed by atoms with van der Waals surface area (Å²) in [6, 6.07) is 15.3. The normalized spacial score (nSPS) is 34.8. The van der Waals surface area contributed by atoms with Crippen molar-refractivity contribution in [2.75, 3.05) is 6.54 Å². The lowest BCUT2D eigenvalue weighted by Crippen LogP contribution is -2.62. The molecule has 2 heterocycles. The van der Waals surface area contributed by atoms with E-state index >= 15 is 0 Å². The number of aliphatic hydroxyl groups is 3. The van der Waals surface area contributed by atoms with E-state index in [2.05, 4.69) is 0 Å². The van der Waals surface area contributed by atoms with Crippen LogP contribution in [0.5, 0.6) is 5.75 Å². The van der Waals surface area contributed by atoms with Gasteiger partial charge in [0.1, 0.15) is 30.7 Å². The lowest BCUT2D eigenvalue weighted by Gasteiger charge is -2.58. The Kier molecular flexibility index (Phi) is 7.20. The molecule has 3 fully saturated rings. The van der Waals surface area contributed by atoms with E-state index in [1.54, 1.807) is 6.07 Å². The molecular formula is C30H35NO9. The van der Waals surface area contributed by atoms with Crippen molar-refractivity contribution in [2.24, 2.45) is 5.92 Å². The second-order valence-electron chi connectivity index (χ2n) is 11.4. The van der Waals surface area contributed by atoms with E-state index in [0.29, 0.717) is 18.7 Å². The first kappa shape index (κ1) is 27.0. The molecule has 2 aliphatic carbocycles. The minimum absolute atomic E-state index is 0.0352. The van der Waals surface area contributed by atoms with Crippen LogP contribution in [0.4, 0.5) is 4.79 Å². The number of hydrogen-bond acceptors (Lipinski definition) is 8. The fourth-order valence-corrected chi connectivity index (χ4v) is 7.37. The molecule has 0 spiro atoms. The van der Waals surface area contributed by atoms with Crippen molar-refractivity contribution in [3.8, 4) is 5.75 Å². The molecule has 214 valence electrons. The van der Waals surface area contributed by atoms with Crippen LogP contribution < -0.4 is 4.74 Å². The van der Waals surface area contributed by atoms with Crippen molar-refractivity contribution in [2.45, 2.75) is 87.3 Å². The number of rotatable bonds is 5. The Bertz CT molecular complexity index is 1250. The molecule has 2 bridgehead atoms. The topological polar surface area (TPSA) is 146 Å². The zero-order valence-corrected chi connectivity index (χ0v) is 22.1. The van der Waals surface area contributed by atoms with Gasteiger partial charge in [0.15, 0.2) is 6.10 Å². The van der Waals surface area contributed by atoms with Crippen LogP contribution in [-0.2, 0) is 32.7 Å². The van der Waals surface area contributed by atoms with Crippen molar-refractivity contribution in [1.29, 1.82) is 0 Å². The number of ether oxygens (including phenoxy) is 3. The molecule has 1 amide bonds. The van der Waals surface area contributed by atoms with Gasteiger partial charge in [-0.15, -0.1) is 0 Å². The van der Waals surface area contributed by atoms with Crippen molar-refractivity contribution >= 4 is 12.1 Å². The Morgan fingerprint density at radius 2 is 1.80 bits per heavy atom. The average Bonchev–Trinajstić information content (AvgIpc) is 2.97. The summed E-state index contributed by atoms with van der Waals surface area (Å²) in [7, 11) is 0. The molecule has 10 nitrogen and oxygen atoms in total. The minimum atomic E-state index is -1.78. The van der Waals surface area contributed by atoms with Crippen LogP contribution in [0.1, 0.15) is 48.8 Å². The SMILES string of the molecule is O=C(O)[C@H]1O[C@@H](Oc2ccc3c(c2)C24CCCCC2C(C3)N(C(=O)OCc2ccccc2)CC4)[C@H](O)[C@@H](O)[C@@H]1O. The second kappa shape index (κ2) is 10.7. The zero-order chi connectivity index (χ0) is 28.0. The van der Waals surface area contributed by atoms with Gasteiger partial charge in [-0.05, 0) is 60.4 Å². The summed E-state index contributed by atoms with van der Waals surface area (Å²) in [5, 5.41) is 40.0. The fraction of sp³-hybridized carbons (Fsp3) is 0.533. The molecule has 2 aromatic carbocycles. The standard InChI is InChI=1S/C30H35NO9/c32-23-24(33)26(27(35)36)40-28(25(23)34)39-19-10-9-18-14-22-20-8-4-5-11-30(20,21(18)15-19)12-13-31(22)29(37)38-16-17-6-2-1-3-7-17/h1-3,6-7,9-10,15,20,22-26,28,32-34H,4-5,8,11-14,16H2,(H,35,36)/t20?,22?,23-,24-,25+,26-,28+,30?/m0/s1. The van der Waals surface area contributed by atoms with Gasteiger partial charge in [-0.2, -0.15) is 0 Å². The lowest BCUT2D eigenvalue weighted by atomic mass is 9.52. The summed E-state index contributed by atoms with van der Waals surface area (Å²) in [6.45, 7) is 0.827. The van der Waals surface area contributed by atoms with E-state index in [0.717, 1.165) is 48.8 Å². The van der Waals surface area contributed by atoms with Gasteiger partial charge in [0.25, 0.3) is 0 Å². The Balaban J connectivity index is 1.24. The van der Waals surface area contributed by atoms with E-state index in [-0.39, 0.29) is 30.1 Å². The summed E-state index contributed by atoms with van der Waals surface area (Å²) in [4.78, 5) is 26.7. The van der Waals surface area contributed by atoms with Crippen LogP contribution in [0.2, 0.25) is 0 Å².